The highest BCUT2D eigenvalue weighted by Crippen LogP contribution is 2.27. The lowest BCUT2D eigenvalue weighted by Gasteiger charge is -2.13. The van der Waals surface area contributed by atoms with E-state index in [2.05, 4.69) is 5.32 Å². The summed E-state index contributed by atoms with van der Waals surface area (Å²) in [5, 5.41) is 3.30. The van der Waals surface area contributed by atoms with Gasteiger partial charge in [0.05, 0.1) is 11.1 Å². The van der Waals surface area contributed by atoms with Crippen LogP contribution in [0.3, 0.4) is 0 Å². The van der Waals surface area contributed by atoms with Crippen LogP contribution in [0.15, 0.2) is 48.7 Å². The Bertz CT molecular complexity index is 973. The molecule has 0 saturated carbocycles. The zero-order valence-corrected chi connectivity index (χ0v) is 14.3. The average Bonchev–Trinajstić information content (AvgIpc) is 2.94. The topological polar surface area (TPSA) is 51.1 Å². The summed E-state index contributed by atoms with van der Waals surface area (Å²) in [6, 6.07) is 11.6. The lowest BCUT2D eigenvalue weighted by atomic mass is 10.0. The third-order valence-electron chi connectivity index (χ3n) is 4.18. The number of hydrogen-bond donors (Lipinski definition) is 1. The fraction of sp³-hybridized carbons (Fsp3) is 0.200. The van der Waals surface area contributed by atoms with E-state index in [1.807, 2.05) is 38.1 Å². The Morgan fingerprint density at radius 1 is 1.12 bits per heavy atom. The third kappa shape index (κ3) is 3.18. The van der Waals surface area contributed by atoms with Crippen molar-refractivity contribution in [2.45, 2.75) is 26.7 Å². The number of para-hydroxylation sites is 1. The number of carbonyl (C=O) groups is 2. The number of nitrogens with one attached hydrogen (secondary N) is 1. The number of amides is 1. The highest BCUT2D eigenvalue weighted by molar-refractivity contribution is 6.14. The molecule has 0 aliphatic carbocycles. The predicted molar refractivity (Wildman–Crippen MR) is 96.7 cm³/mol. The van der Waals surface area contributed by atoms with E-state index in [4.69, 9.17) is 0 Å². The first kappa shape index (κ1) is 16.9. The molecule has 0 spiro atoms. The molecule has 1 amide bonds. The fourth-order valence-electron chi connectivity index (χ4n) is 2.95. The SMILES string of the molecule is CC(=O)n1cc(C(=O)Nc2ccccc2C(C)C)c2cc(F)ccc21. The molecular weight excluding hydrogens is 319 g/mol. The minimum absolute atomic E-state index is 0.238. The van der Waals surface area contributed by atoms with Gasteiger partial charge in [-0.1, -0.05) is 32.0 Å². The van der Waals surface area contributed by atoms with Crippen LogP contribution in [-0.2, 0) is 0 Å². The lowest BCUT2D eigenvalue weighted by molar-refractivity contribution is 0.0941. The summed E-state index contributed by atoms with van der Waals surface area (Å²) in [6.45, 7) is 5.49. The van der Waals surface area contributed by atoms with Gasteiger partial charge in [-0.3, -0.25) is 14.2 Å². The molecule has 0 radical (unpaired) electrons. The van der Waals surface area contributed by atoms with E-state index < -0.39 is 5.82 Å². The highest BCUT2D eigenvalue weighted by atomic mass is 19.1. The van der Waals surface area contributed by atoms with Crippen molar-refractivity contribution in [2.75, 3.05) is 5.32 Å². The van der Waals surface area contributed by atoms with Crippen molar-refractivity contribution in [1.82, 2.24) is 4.57 Å². The quantitative estimate of drug-likeness (QED) is 0.744. The molecule has 3 rings (SSSR count). The maximum Gasteiger partial charge on any atom is 0.257 e. The van der Waals surface area contributed by atoms with E-state index in [0.717, 1.165) is 5.56 Å². The summed E-state index contributed by atoms with van der Waals surface area (Å²) >= 11 is 0. The summed E-state index contributed by atoms with van der Waals surface area (Å²) in [5.41, 5.74) is 2.50. The van der Waals surface area contributed by atoms with Gasteiger partial charge < -0.3 is 5.32 Å². The van der Waals surface area contributed by atoms with Gasteiger partial charge in [-0.15, -0.1) is 0 Å². The van der Waals surface area contributed by atoms with Gasteiger partial charge in [0, 0.05) is 24.2 Å². The maximum absolute atomic E-state index is 13.7. The van der Waals surface area contributed by atoms with Crippen LogP contribution in [0.25, 0.3) is 10.9 Å². The van der Waals surface area contributed by atoms with Gasteiger partial charge >= 0.3 is 0 Å². The van der Waals surface area contributed by atoms with Crippen LogP contribution < -0.4 is 5.32 Å². The Morgan fingerprint density at radius 2 is 1.84 bits per heavy atom. The number of carbonyl (C=O) groups excluding carboxylic acids is 2. The number of halogens is 1. The van der Waals surface area contributed by atoms with Gasteiger partial charge in [0.1, 0.15) is 5.82 Å². The van der Waals surface area contributed by atoms with E-state index in [-0.39, 0.29) is 23.3 Å². The minimum atomic E-state index is -0.453. The summed E-state index contributed by atoms with van der Waals surface area (Å²) < 4.78 is 15.0. The lowest BCUT2D eigenvalue weighted by Crippen LogP contribution is -2.13. The summed E-state index contributed by atoms with van der Waals surface area (Å²) in [7, 11) is 0. The second kappa shape index (κ2) is 6.51. The molecule has 1 heterocycles. The van der Waals surface area contributed by atoms with Gasteiger partial charge in [0.15, 0.2) is 0 Å². The number of anilines is 1. The van der Waals surface area contributed by atoms with E-state index in [0.29, 0.717) is 16.6 Å². The second-order valence-corrected chi connectivity index (χ2v) is 6.29. The van der Waals surface area contributed by atoms with Crippen LogP contribution in [0.4, 0.5) is 10.1 Å². The van der Waals surface area contributed by atoms with Crippen molar-refractivity contribution in [1.29, 1.82) is 0 Å². The molecule has 0 aliphatic heterocycles. The van der Waals surface area contributed by atoms with E-state index in [1.165, 1.54) is 35.9 Å². The number of benzene rings is 2. The zero-order chi connectivity index (χ0) is 18.1. The van der Waals surface area contributed by atoms with Crippen molar-refractivity contribution in [3.63, 3.8) is 0 Å². The van der Waals surface area contributed by atoms with Crippen LogP contribution >= 0.6 is 0 Å². The molecule has 5 heteroatoms. The monoisotopic (exact) mass is 338 g/mol. The number of aromatic nitrogens is 1. The Hall–Kier alpha value is -2.95. The number of rotatable bonds is 3. The Kier molecular flexibility index (Phi) is 4.40. The second-order valence-electron chi connectivity index (χ2n) is 6.29. The molecule has 3 aromatic rings. The molecule has 1 N–H and O–H groups in total. The zero-order valence-electron chi connectivity index (χ0n) is 14.3. The van der Waals surface area contributed by atoms with E-state index >= 15 is 0 Å². The molecular formula is C20H19FN2O2. The smallest absolute Gasteiger partial charge is 0.257 e. The van der Waals surface area contributed by atoms with Crippen molar-refractivity contribution < 1.29 is 14.0 Å². The van der Waals surface area contributed by atoms with Gasteiger partial charge in [-0.25, -0.2) is 4.39 Å². The molecule has 2 aromatic carbocycles. The van der Waals surface area contributed by atoms with Gasteiger partial charge in [-0.05, 0) is 35.7 Å². The number of fused-ring (bicyclic) bond motifs is 1. The Labute approximate surface area is 145 Å². The van der Waals surface area contributed by atoms with E-state index in [9.17, 15) is 14.0 Å². The largest absolute Gasteiger partial charge is 0.322 e. The van der Waals surface area contributed by atoms with Crippen molar-refractivity contribution in [2.24, 2.45) is 0 Å². The van der Waals surface area contributed by atoms with Gasteiger partial charge in [0.25, 0.3) is 5.91 Å². The van der Waals surface area contributed by atoms with E-state index in [1.54, 1.807) is 0 Å². The van der Waals surface area contributed by atoms with Crippen molar-refractivity contribution >= 4 is 28.4 Å². The van der Waals surface area contributed by atoms with Crippen LogP contribution in [0.1, 0.15) is 47.4 Å². The molecule has 0 bridgehead atoms. The summed E-state index contributed by atoms with van der Waals surface area (Å²) in [5.74, 6) is -0.820. The fourth-order valence-corrected chi connectivity index (χ4v) is 2.95. The van der Waals surface area contributed by atoms with Crippen LogP contribution in [0, 0.1) is 5.82 Å². The third-order valence-corrected chi connectivity index (χ3v) is 4.18. The van der Waals surface area contributed by atoms with Gasteiger partial charge in [-0.2, -0.15) is 0 Å². The minimum Gasteiger partial charge on any atom is -0.322 e. The number of hydrogen-bond acceptors (Lipinski definition) is 2. The van der Waals surface area contributed by atoms with Crippen LogP contribution in [-0.4, -0.2) is 16.4 Å². The van der Waals surface area contributed by atoms with Crippen LogP contribution in [0.2, 0.25) is 0 Å². The standard InChI is InChI=1S/C20H19FN2O2/c1-12(2)15-6-4-5-7-18(15)22-20(25)17-11-23(13(3)24)19-9-8-14(21)10-16(17)19/h4-12H,1-3H3,(H,22,25). The predicted octanol–water partition coefficient (Wildman–Crippen LogP) is 4.82. The van der Waals surface area contributed by atoms with Crippen molar-refractivity contribution in [3.05, 3.63) is 65.6 Å². The molecule has 0 atom stereocenters. The maximum atomic E-state index is 13.7. The van der Waals surface area contributed by atoms with Crippen LogP contribution in [0.5, 0.6) is 0 Å². The molecule has 0 fully saturated rings. The Balaban J connectivity index is 2.06. The first-order valence-corrected chi connectivity index (χ1v) is 8.10. The number of nitrogens with zero attached hydrogens (tertiary/aromatic N) is 1. The summed E-state index contributed by atoms with van der Waals surface area (Å²) in [6.07, 6.45) is 1.46. The molecule has 1 aromatic heterocycles. The Morgan fingerprint density at radius 3 is 2.52 bits per heavy atom. The molecule has 4 nitrogen and oxygen atoms in total. The molecule has 25 heavy (non-hydrogen) atoms. The average molecular weight is 338 g/mol. The molecule has 128 valence electrons. The molecule has 0 saturated heterocycles. The highest BCUT2D eigenvalue weighted by Gasteiger charge is 2.18. The summed E-state index contributed by atoms with van der Waals surface area (Å²) in [4.78, 5) is 24.6. The first-order chi connectivity index (χ1) is 11.9. The molecule has 0 aliphatic rings. The first-order valence-electron chi connectivity index (χ1n) is 8.10. The van der Waals surface area contributed by atoms with Crippen molar-refractivity contribution in [3.8, 4) is 0 Å². The normalized spacial score (nSPS) is 11.1. The van der Waals surface area contributed by atoms with Gasteiger partial charge in [0.2, 0.25) is 5.91 Å². The molecule has 0 unspecified atom stereocenters.